The van der Waals surface area contributed by atoms with Crippen molar-refractivity contribution >= 4 is 18.7 Å². The third-order valence-corrected chi connectivity index (χ3v) is 9.89. The molecule has 25 heavy (non-hydrogen) atoms. The highest BCUT2D eigenvalue weighted by molar-refractivity contribution is 6.99. The molecule has 1 atom stereocenters. The molecule has 0 fully saturated rings. The van der Waals surface area contributed by atoms with Gasteiger partial charge in [0.15, 0.2) is 0 Å². The van der Waals surface area contributed by atoms with Crippen LogP contribution in [0.15, 0.2) is 60.7 Å². The fraction of sp³-hybridized carbons (Fsp3) is 0.391. The summed E-state index contributed by atoms with van der Waals surface area (Å²) in [4.78, 5) is 0. The number of hydrogen-bond acceptors (Lipinski definition) is 1. The molecule has 0 aromatic heterocycles. The van der Waals surface area contributed by atoms with Crippen molar-refractivity contribution < 1.29 is 4.43 Å². The average molecular weight is 351 g/mol. The Hall–Kier alpha value is -1.82. The molecule has 2 heteroatoms. The summed E-state index contributed by atoms with van der Waals surface area (Å²) in [5.41, 5.74) is 0. The van der Waals surface area contributed by atoms with E-state index in [2.05, 4.69) is 94.3 Å². The molecule has 2 rings (SSSR count). The summed E-state index contributed by atoms with van der Waals surface area (Å²) >= 11 is 0. The molecule has 0 saturated carbocycles. The maximum atomic E-state index is 6.99. The van der Waals surface area contributed by atoms with Crippen molar-refractivity contribution in [1.29, 1.82) is 0 Å². The summed E-state index contributed by atoms with van der Waals surface area (Å²) in [6.45, 7) is 9.13. The van der Waals surface area contributed by atoms with Gasteiger partial charge in [0.2, 0.25) is 0 Å². The molecule has 0 heterocycles. The molecule has 0 unspecified atom stereocenters. The van der Waals surface area contributed by atoms with E-state index >= 15 is 0 Å². The molecular formula is C23H30OSi. The maximum absolute atomic E-state index is 6.99. The molecule has 0 amide bonds. The van der Waals surface area contributed by atoms with Gasteiger partial charge in [-0.15, -0.1) is 12.3 Å². The van der Waals surface area contributed by atoms with E-state index in [0.717, 1.165) is 19.3 Å². The van der Waals surface area contributed by atoms with Crippen molar-refractivity contribution in [3.63, 3.8) is 0 Å². The van der Waals surface area contributed by atoms with Crippen LogP contribution in [0, 0.1) is 12.3 Å². The van der Waals surface area contributed by atoms with Crippen LogP contribution in [0.4, 0.5) is 0 Å². The molecule has 0 bridgehead atoms. The van der Waals surface area contributed by atoms with Gasteiger partial charge < -0.3 is 4.43 Å². The molecule has 2 aromatic rings. The monoisotopic (exact) mass is 350 g/mol. The molecule has 0 spiro atoms. The normalized spacial score (nSPS) is 13.2. The third-order valence-electron chi connectivity index (χ3n) is 4.73. The lowest BCUT2D eigenvalue weighted by Gasteiger charge is -2.44. The van der Waals surface area contributed by atoms with Gasteiger partial charge in [-0.25, -0.2) is 0 Å². The first-order valence-electron chi connectivity index (χ1n) is 9.14. The molecule has 0 aliphatic rings. The third kappa shape index (κ3) is 4.42. The average Bonchev–Trinajstić information content (AvgIpc) is 2.60. The first-order valence-corrected chi connectivity index (χ1v) is 11.0. The number of unbranched alkanes of at least 4 members (excludes halogenated alkanes) is 1. The molecule has 2 aromatic carbocycles. The zero-order valence-corrected chi connectivity index (χ0v) is 17.0. The molecule has 0 aliphatic carbocycles. The number of rotatable bonds is 7. The van der Waals surface area contributed by atoms with Crippen molar-refractivity contribution in [1.82, 2.24) is 0 Å². The first-order chi connectivity index (χ1) is 11.9. The van der Waals surface area contributed by atoms with Gasteiger partial charge in [-0.3, -0.25) is 0 Å². The van der Waals surface area contributed by atoms with Crippen LogP contribution in [0.2, 0.25) is 5.04 Å². The van der Waals surface area contributed by atoms with E-state index in [9.17, 15) is 0 Å². The van der Waals surface area contributed by atoms with E-state index in [4.69, 9.17) is 10.8 Å². The predicted octanol–water partition coefficient (Wildman–Crippen LogP) is 4.76. The Morgan fingerprint density at radius 2 is 1.44 bits per heavy atom. The molecule has 0 radical (unpaired) electrons. The van der Waals surface area contributed by atoms with Crippen molar-refractivity contribution in [2.45, 2.75) is 58.1 Å². The first kappa shape index (κ1) is 19.5. The van der Waals surface area contributed by atoms with Gasteiger partial charge in [0.25, 0.3) is 8.32 Å². The minimum Gasteiger partial charge on any atom is -0.405 e. The van der Waals surface area contributed by atoms with Crippen LogP contribution >= 0.6 is 0 Å². The van der Waals surface area contributed by atoms with Crippen LogP contribution in [0.3, 0.4) is 0 Å². The molecule has 0 aliphatic heterocycles. The quantitative estimate of drug-likeness (QED) is 0.397. The molecule has 0 saturated heterocycles. The summed E-state index contributed by atoms with van der Waals surface area (Å²) < 4.78 is 6.99. The van der Waals surface area contributed by atoms with E-state index < -0.39 is 8.32 Å². The van der Waals surface area contributed by atoms with E-state index in [-0.39, 0.29) is 11.1 Å². The number of benzene rings is 2. The van der Waals surface area contributed by atoms with Crippen molar-refractivity contribution in [2.24, 2.45) is 0 Å². The highest BCUT2D eigenvalue weighted by Gasteiger charge is 2.50. The fourth-order valence-electron chi connectivity index (χ4n) is 3.54. The Balaban J connectivity index is 2.51. The van der Waals surface area contributed by atoms with Gasteiger partial charge in [-0.05, 0) is 35.2 Å². The van der Waals surface area contributed by atoms with Crippen molar-refractivity contribution in [3.8, 4) is 12.3 Å². The molecular weight excluding hydrogens is 320 g/mol. The summed E-state index contributed by atoms with van der Waals surface area (Å²) in [7, 11) is -2.42. The van der Waals surface area contributed by atoms with Crippen LogP contribution < -0.4 is 10.4 Å². The van der Waals surface area contributed by atoms with Gasteiger partial charge in [0.1, 0.15) is 0 Å². The van der Waals surface area contributed by atoms with Crippen LogP contribution in [0.25, 0.3) is 0 Å². The second kappa shape index (κ2) is 8.51. The minimum absolute atomic E-state index is 0.0239. The van der Waals surface area contributed by atoms with Crippen molar-refractivity contribution in [2.75, 3.05) is 0 Å². The lowest BCUT2D eigenvalue weighted by molar-refractivity contribution is 0.194. The summed E-state index contributed by atoms with van der Waals surface area (Å²) in [6, 6.07) is 21.6. The second-order valence-electron chi connectivity index (χ2n) is 7.69. The largest absolute Gasteiger partial charge is 0.405 e. The van der Waals surface area contributed by atoms with Crippen LogP contribution in [0.5, 0.6) is 0 Å². The Morgan fingerprint density at radius 3 is 1.84 bits per heavy atom. The molecule has 1 nitrogen and oxygen atoms in total. The smallest absolute Gasteiger partial charge is 0.261 e. The van der Waals surface area contributed by atoms with Gasteiger partial charge in [-0.2, -0.15) is 0 Å². The van der Waals surface area contributed by atoms with E-state index in [1.807, 2.05) is 0 Å². The van der Waals surface area contributed by atoms with Crippen LogP contribution in [0.1, 0.15) is 47.0 Å². The Bertz CT molecular complexity index is 640. The Kier molecular flexibility index (Phi) is 6.64. The van der Waals surface area contributed by atoms with Crippen LogP contribution in [-0.2, 0) is 4.43 Å². The standard InChI is InChI=1S/C23H30OSi/c1-6-7-10-15-20(2)24-25(23(3,4)5,21-16-11-8-12-17-21)22-18-13-9-14-19-22/h1,8-9,11-14,16-20H,7,10,15H2,2-5H3/t20-/m1/s1. The van der Waals surface area contributed by atoms with Gasteiger partial charge in [0, 0.05) is 12.5 Å². The minimum atomic E-state index is -2.42. The summed E-state index contributed by atoms with van der Waals surface area (Å²) in [5.74, 6) is 2.74. The van der Waals surface area contributed by atoms with E-state index in [1.54, 1.807) is 0 Å². The SMILES string of the molecule is C#CCCC[C@@H](C)O[Si](c1ccccc1)(c1ccccc1)C(C)(C)C. The maximum Gasteiger partial charge on any atom is 0.261 e. The predicted molar refractivity (Wildman–Crippen MR) is 111 cm³/mol. The Labute approximate surface area is 154 Å². The zero-order valence-electron chi connectivity index (χ0n) is 16.0. The highest BCUT2D eigenvalue weighted by atomic mass is 28.4. The van der Waals surface area contributed by atoms with Gasteiger partial charge in [0.05, 0.1) is 0 Å². The topological polar surface area (TPSA) is 9.23 Å². The summed E-state index contributed by atoms with van der Waals surface area (Å²) in [6.07, 6.45) is 8.41. The van der Waals surface area contributed by atoms with Crippen LogP contribution in [-0.4, -0.2) is 14.4 Å². The van der Waals surface area contributed by atoms with Gasteiger partial charge >= 0.3 is 0 Å². The molecule has 0 N–H and O–H groups in total. The summed E-state index contributed by atoms with van der Waals surface area (Å²) in [5, 5.41) is 2.69. The van der Waals surface area contributed by atoms with E-state index in [1.165, 1.54) is 10.4 Å². The highest BCUT2D eigenvalue weighted by Crippen LogP contribution is 2.37. The fourth-order valence-corrected chi connectivity index (χ4v) is 8.28. The Morgan fingerprint density at radius 1 is 0.960 bits per heavy atom. The zero-order chi connectivity index (χ0) is 18.3. The van der Waals surface area contributed by atoms with E-state index in [0.29, 0.717) is 0 Å². The number of terminal acetylenes is 1. The lowest BCUT2D eigenvalue weighted by Crippen LogP contribution is -2.67. The molecule has 132 valence electrons. The lowest BCUT2D eigenvalue weighted by atomic mass is 10.2. The second-order valence-corrected chi connectivity index (χ2v) is 11.9. The van der Waals surface area contributed by atoms with Gasteiger partial charge in [-0.1, -0.05) is 81.4 Å². The van der Waals surface area contributed by atoms with Crippen molar-refractivity contribution in [3.05, 3.63) is 60.7 Å². The number of hydrogen-bond donors (Lipinski definition) is 0.